The number of nitrogens with zero attached hydrogens (tertiary/aromatic N) is 2. The number of ether oxygens (including phenoxy) is 1. The second kappa shape index (κ2) is 13.3. The molecule has 0 radical (unpaired) electrons. The van der Waals surface area contributed by atoms with E-state index in [4.69, 9.17) is 16.3 Å². The van der Waals surface area contributed by atoms with E-state index in [0.29, 0.717) is 28.3 Å². The summed E-state index contributed by atoms with van der Waals surface area (Å²) in [4.78, 5) is 12.6. The van der Waals surface area contributed by atoms with Crippen molar-refractivity contribution in [3.8, 4) is 5.75 Å². The molecule has 0 unspecified atom stereocenters. The number of alkyl halides is 3. The third-order valence-electron chi connectivity index (χ3n) is 6.25. The molecule has 0 spiro atoms. The monoisotopic (exact) mass is 629 g/mol. The molecule has 0 aromatic heterocycles. The van der Waals surface area contributed by atoms with Gasteiger partial charge in [0.15, 0.2) is 0 Å². The molecule has 224 valence electrons. The second-order valence-corrected chi connectivity index (χ2v) is 11.9. The summed E-state index contributed by atoms with van der Waals surface area (Å²) >= 11 is 5.73. The van der Waals surface area contributed by atoms with Crippen molar-refractivity contribution >= 4 is 39.4 Å². The van der Waals surface area contributed by atoms with Crippen LogP contribution in [0.25, 0.3) is 0 Å². The zero-order valence-electron chi connectivity index (χ0n) is 23.1. The molecule has 4 aromatic rings. The maximum Gasteiger partial charge on any atom is 0.417 e. The number of rotatable bonds is 10. The number of halogens is 4. The normalized spacial score (nSPS) is 11.9. The topological polar surface area (TPSA) is 88.1 Å². The highest BCUT2D eigenvalue weighted by Crippen LogP contribution is 2.38. The Bertz CT molecular complexity index is 1710. The van der Waals surface area contributed by atoms with Crippen LogP contribution in [0, 0.1) is 13.8 Å². The number of benzene rings is 4. The third kappa shape index (κ3) is 8.36. The zero-order valence-corrected chi connectivity index (χ0v) is 24.7. The number of hydrogen-bond donors (Lipinski definition) is 1. The highest BCUT2D eigenvalue weighted by molar-refractivity contribution is 7.92. The van der Waals surface area contributed by atoms with Crippen LogP contribution < -0.4 is 14.5 Å². The fraction of sp³-hybridized carbons (Fsp3) is 0.161. The first kappa shape index (κ1) is 31.6. The van der Waals surface area contributed by atoms with Crippen LogP contribution in [-0.2, 0) is 27.6 Å². The van der Waals surface area contributed by atoms with Crippen LogP contribution in [-0.4, -0.2) is 27.1 Å². The standard InChI is InChI=1S/C31H27ClF3N3O4S/c1-21-3-7-24(8-4-21)20-42-26-12-9-23(10-13-26)18-36-37-30(39)19-38(43(40,41)27-14-5-22(2)6-15-27)25-11-16-29(32)28(17-25)31(33,34)35/h3-18H,19-20H2,1-2H3,(H,37,39)/b36-18-. The van der Waals surface area contributed by atoms with Gasteiger partial charge in [0.05, 0.1) is 27.4 Å². The van der Waals surface area contributed by atoms with Gasteiger partial charge in [-0.25, -0.2) is 13.8 Å². The predicted molar refractivity (Wildman–Crippen MR) is 160 cm³/mol. The number of carbonyl (C=O) groups excluding carboxylic acids is 1. The van der Waals surface area contributed by atoms with E-state index in [9.17, 15) is 26.4 Å². The Kier molecular flexibility index (Phi) is 9.77. The molecule has 1 N–H and O–H groups in total. The summed E-state index contributed by atoms with van der Waals surface area (Å²) in [6.07, 6.45) is -3.51. The number of amides is 1. The molecule has 0 saturated heterocycles. The van der Waals surface area contributed by atoms with Crippen LogP contribution in [0.2, 0.25) is 5.02 Å². The molecular formula is C31H27ClF3N3O4S. The summed E-state index contributed by atoms with van der Waals surface area (Å²) in [6, 6.07) is 23.1. The number of hydrogen-bond acceptors (Lipinski definition) is 5. The van der Waals surface area contributed by atoms with Crippen molar-refractivity contribution in [2.24, 2.45) is 5.10 Å². The molecule has 0 bridgehead atoms. The first-order valence-corrected chi connectivity index (χ1v) is 14.7. The van der Waals surface area contributed by atoms with E-state index < -0.39 is 44.9 Å². The van der Waals surface area contributed by atoms with Crippen molar-refractivity contribution in [2.75, 3.05) is 10.8 Å². The Hall–Kier alpha value is -4.35. The van der Waals surface area contributed by atoms with Crippen molar-refractivity contribution in [1.82, 2.24) is 5.43 Å². The second-order valence-electron chi connectivity index (χ2n) is 9.62. The molecule has 0 atom stereocenters. The maximum absolute atomic E-state index is 13.5. The lowest BCUT2D eigenvalue weighted by Crippen LogP contribution is -2.39. The molecule has 7 nitrogen and oxygen atoms in total. The zero-order chi connectivity index (χ0) is 31.2. The fourth-order valence-corrected chi connectivity index (χ4v) is 5.52. The summed E-state index contributed by atoms with van der Waals surface area (Å²) in [6.45, 7) is 3.30. The lowest BCUT2D eigenvalue weighted by molar-refractivity contribution is -0.137. The molecule has 0 saturated carbocycles. The SMILES string of the molecule is Cc1ccc(COc2ccc(/C=N\NC(=O)CN(c3ccc(Cl)c(C(F)(F)F)c3)S(=O)(=O)c3ccc(C)cc3)cc2)cc1. The van der Waals surface area contributed by atoms with E-state index in [2.05, 4.69) is 10.5 Å². The third-order valence-corrected chi connectivity index (χ3v) is 8.37. The molecule has 0 heterocycles. The molecule has 1 amide bonds. The van der Waals surface area contributed by atoms with E-state index in [-0.39, 0.29) is 4.90 Å². The van der Waals surface area contributed by atoms with Gasteiger partial charge in [0.1, 0.15) is 18.9 Å². The molecule has 0 aliphatic rings. The smallest absolute Gasteiger partial charge is 0.417 e. The molecule has 12 heteroatoms. The number of anilines is 1. The number of hydrazone groups is 1. The van der Waals surface area contributed by atoms with E-state index in [1.807, 2.05) is 31.2 Å². The molecular weight excluding hydrogens is 603 g/mol. The highest BCUT2D eigenvalue weighted by Gasteiger charge is 2.35. The van der Waals surface area contributed by atoms with E-state index in [1.54, 1.807) is 31.2 Å². The minimum absolute atomic E-state index is 0.206. The Balaban J connectivity index is 1.48. The molecule has 0 fully saturated rings. The van der Waals surface area contributed by atoms with Crippen LogP contribution in [0.15, 0.2) is 101 Å². The van der Waals surface area contributed by atoms with Crippen molar-refractivity contribution in [2.45, 2.75) is 31.5 Å². The number of aryl methyl sites for hydroxylation is 2. The summed E-state index contributed by atoms with van der Waals surface area (Å²) in [5.74, 6) is -0.256. The Morgan fingerprint density at radius 2 is 1.53 bits per heavy atom. The van der Waals surface area contributed by atoms with Gasteiger partial charge in [-0.2, -0.15) is 18.3 Å². The van der Waals surface area contributed by atoms with Crippen molar-refractivity contribution in [1.29, 1.82) is 0 Å². The Labute approximate surface area is 252 Å². The highest BCUT2D eigenvalue weighted by atomic mass is 35.5. The van der Waals surface area contributed by atoms with E-state index in [1.165, 1.54) is 30.5 Å². The summed E-state index contributed by atoms with van der Waals surface area (Å²) < 4.78 is 74.0. The maximum atomic E-state index is 13.5. The number of nitrogens with one attached hydrogen (secondary N) is 1. The summed E-state index contributed by atoms with van der Waals surface area (Å²) in [7, 11) is -4.45. The first-order chi connectivity index (χ1) is 20.3. The summed E-state index contributed by atoms with van der Waals surface area (Å²) in [5, 5.41) is 3.26. The van der Waals surface area contributed by atoms with Crippen molar-refractivity contribution in [3.05, 3.63) is 124 Å². The molecule has 4 rings (SSSR count). The van der Waals surface area contributed by atoms with Gasteiger partial charge in [0, 0.05) is 0 Å². The number of carbonyl (C=O) groups is 1. The van der Waals surface area contributed by atoms with Gasteiger partial charge in [-0.05, 0) is 79.6 Å². The van der Waals surface area contributed by atoms with Crippen LogP contribution >= 0.6 is 11.6 Å². The lowest BCUT2D eigenvalue weighted by atomic mass is 10.2. The van der Waals surface area contributed by atoms with Crippen molar-refractivity contribution < 1.29 is 31.1 Å². The van der Waals surface area contributed by atoms with Gasteiger partial charge >= 0.3 is 6.18 Å². The van der Waals surface area contributed by atoms with E-state index in [0.717, 1.165) is 28.8 Å². The van der Waals surface area contributed by atoms with Gasteiger partial charge in [0.25, 0.3) is 15.9 Å². The quantitative estimate of drug-likeness (QED) is 0.153. The predicted octanol–water partition coefficient (Wildman–Crippen LogP) is 6.90. The molecule has 4 aromatic carbocycles. The van der Waals surface area contributed by atoms with Gasteiger partial charge in [-0.1, -0.05) is 59.1 Å². The van der Waals surface area contributed by atoms with Crippen LogP contribution in [0.5, 0.6) is 5.75 Å². The molecule has 0 aliphatic heterocycles. The lowest BCUT2D eigenvalue weighted by Gasteiger charge is -2.25. The van der Waals surface area contributed by atoms with Crippen LogP contribution in [0.3, 0.4) is 0 Å². The van der Waals surface area contributed by atoms with Crippen molar-refractivity contribution in [3.63, 3.8) is 0 Å². The van der Waals surface area contributed by atoms with Gasteiger partial charge < -0.3 is 4.74 Å². The minimum Gasteiger partial charge on any atom is -0.489 e. The largest absolute Gasteiger partial charge is 0.489 e. The average molecular weight is 630 g/mol. The molecule has 0 aliphatic carbocycles. The fourth-order valence-electron chi connectivity index (χ4n) is 3.88. The van der Waals surface area contributed by atoms with Gasteiger partial charge in [0.2, 0.25) is 0 Å². The van der Waals surface area contributed by atoms with Gasteiger partial charge in [-0.3, -0.25) is 9.10 Å². The average Bonchev–Trinajstić information content (AvgIpc) is 2.96. The Morgan fingerprint density at radius 1 is 0.930 bits per heavy atom. The first-order valence-electron chi connectivity index (χ1n) is 12.9. The van der Waals surface area contributed by atoms with E-state index >= 15 is 0 Å². The minimum atomic E-state index is -4.85. The van der Waals surface area contributed by atoms with Crippen LogP contribution in [0.1, 0.15) is 27.8 Å². The Morgan fingerprint density at radius 3 is 2.14 bits per heavy atom. The van der Waals surface area contributed by atoms with Crippen LogP contribution in [0.4, 0.5) is 18.9 Å². The summed E-state index contributed by atoms with van der Waals surface area (Å²) in [5.41, 5.74) is 4.16. The van der Waals surface area contributed by atoms with Gasteiger partial charge in [-0.15, -0.1) is 0 Å². The number of sulfonamides is 1. The molecule has 43 heavy (non-hydrogen) atoms.